The highest BCUT2D eigenvalue weighted by molar-refractivity contribution is 5.73. The lowest BCUT2D eigenvalue weighted by molar-refractivity contribution is 0.104. The molecule has 0 bridgehead atoms. The van der Waals surface area contributed by atoms with E-state index in [1.807, 2.05) is 18.2 Å². The Labute approximate surface area is 110 Å². The Hall–Kier alpha value is -1.55. The van der Waals surface area contributed by atoms with Crippen molar-refractivity contribution >= 4 is 11.1 Å². The minimum atomic E-state index is -0.428. The molecular formula is C15H17NO3. The van der Waals surface area contributed by atoms with Crippen LogP contribution in [-0.4, -0.2) is 9.67 Å². The molecule has 1 aromatic heterocycles. The first-order chi connectivity index (χ1) is 9.13. The molecule has 2 fully saturated rings. The highest BCUT2D eigenvalue weighted by atomic mass is 16.4. The van der Waals surface area contributed by atoms with E-state index in [-0.39, 0.29) is 5.76 Å². The van der Waals surface area contributed by atoms with E-state index < -0.39 is 6.10 Å². The molecule has 0 saturated heterocycles. The zero-order valence-corrected chi connectivity index (χ0v) is 10.9. The molecule has 19 heavy (non-hydrogen) atoms. The molecule has 3 unspecified atom stereocenters. The molecule has 1 N–H and O–H groups in total. The number of benzene rings is 1. The first-order valence-electron chi connectivity index (χ1n) is 6.91. The molecule has 4 nitrogen and oxygen atoms in total. The Bertz CT molecular complexity index is 689. The fourth-order valence-corrected chi connectivity index (χ4v) is 3.63. The molecular weight excluding hydrogens is 242 g/mol. The summed E-state index contributed by atoms with van der Waals surface area (Å²) in [5, 5.41) is 10.5. The molecule has 1 heterocycles. The van der Waals surface area contributed by atoms with E-state index in [0.717, 1.165) is 35.8 Å². The Morgan fingerprint density at radius 1 is 1.32 bits per heavy atom. The van der Waals surface area contributed by atoms with Gasteiger partial charge in [0, 0.05) is 7.05 Å². The second kappa shape index (κ2) is 3.73. The Morgan fingerprint density at radius 2 is 2.05 bits per heavy atom. The number of aliphatic hydroxyl groups excluding tert-OH is 1. The summed E-state index contributed by atoms with van der Waals surface area (Å²) in [7, 11) is 1.69. The van der Waals surface area contributed by atoms with Crippen molar-refractivity contribution in [3.8, 4) is 0 Å². The van der Waals surface area contributed by atoms with Crippen LogP contribution in [0.5, 0.6) is 0 Å². The molecule has 2 saturated carbocycles. The Kier molecular flexibility index (Phi) is 2.22. The van der Waals surface area contributed by atoms with Gasteiger partial charge in [0.2, 0.25) is 0 Å². The fraction of sp³-hybridized carbons (Fsp3) is 0.533. The molecule has 0 amide bonds. The lowest BCUT2D eigenvalue weighted by atomic mass is 9.91. The standard InChI is InChI=1S/C15H17NO3/c1-16-12-3-2-8(7-13(12)19-15(16)18)14(17)11-5-9-4-10(9)6-11/h2-3,7,9-11,14,17H,4-6H2,1H3. The first kappa shape index (κ1) is 11.3. The summed E-state index contributed by atoms with van der Waals surface area (Å²) in [6.07, 6.45) is 3.21. The maximum Gasteiger partial charge on any atom is 0.419 e. The van der Waals surface area contributed by atoms with E-state index in [0.29, 0.717) is 11.5 Å². The lowest BCUT2D eigenvalue weighted by Gasteiger charge is -2.19. The molecule has 0 spiro atoms. The summed E-state index contributed by atoms with van der Waals surface area (Å²) in [6.45, 7) is 0. The van der Waals surface area contributed by atoms with Crippen LogP contribution in [0.1, 0.15) is 30.9 Å². The maximum absolute atomic E-state index is 11.5. The predicted molar refractivity (Wildman–Crippen MR) is 70.7 cm³/mol. The SMILES string of the molecule is Cn1c(=O)oc2cc(C(O)C3CC4CC4C3)ccc21. The van der Waals surface area contributed by atoms with E-state index in [9.17, 15) is 9.90 Å². The number of aliphatic hydroxyl groups is 1. The van der Waals surface area contributed by atoms with Gasteiger partial charge >= 0.3 is 5.76 Å². The third kappa shape index (κ3) is 1.66. The molecule has 1 aromatic carbocycles. The van der Waals surface area contributed by atoms with Crippen molar-refractivity contribution in [2.75, 3.05) is 0 Å². The van der Waals surface area contributed by atoms with E-state index in [1.54, 1.807) is 7.05 Å². The average molecular weight is 259 g/mol. The van der Waals surface area contributed by atoms with E-state index >= 15 is 0 Å². The van der Waals surface area contributed by atoms with Crippen LogP contribution < -0.4 is 5.76 Å². The summed E-state index contributed by atoms with van der Waals surface area (Å²) in [6, 6.07) is 5.58. The van der Waals surface area contributed by atoms with E-state index in [4.69, 9.17) is 4.42 Å². The summed E-state index contributed by atoms with van der Waals surface area (Å²) < 4.78 is 6.66. The largest absolute Gasteiger partial charge is 0.419 e. The third-order valence-corrected chi connectivity index (χ3v) is 4.88. The number of rotatable bonds is 2. The molecule has 4 heteroatoms. The Balaban J connectivity index is 1.68. The van der Waals surface area contributed by atoms with E-state index in [1.165, 1.54) is 11.0 Å². The van der Waals surface area contributed by atoms with Gasteiger partial charge in [-0.1, -0.05) is 6.07 Å². The van der Waals surface area contributed by atoms with Gasteiger partial charge in [0.05, 0.1) is 11.6 Å². The normalized spacial score (nSPS) is 30.5. The molecule has 2 aliphatic rings. The van der Waals surface area contributed by atoms with E-state index in [2.05, 4.69) is 0 Å². The van der Waals surface area contributed by atoms with Crippen LogP contribution >= 0.6 is 0 Å². The highest BCUT2D eigenvalue weighted by Gasteiger charge is 2.47. The molecule has 4 rings (SSSR count). The van der Waals surface area contributed by atoms with Gasteiger partial charge in [-0.2, -0.15) is 0 Å². The molecule has 0 radical (unpaired) electrons. The summed E-state index contributed by atoms with van der Waals surface area (Å²) >= 11 is 0. The summed E-state index contributed by atoms with van der Waals surface area (Å²) in [5.41, 5.74) is 2.20. The van der Waals surface area contributed by atoms with Gasteiger partial charge in [0.25, 0.3) is 0 Å². The third-order valence-electron chi connectivity index (χ3n) is 4.88. The van der Waals surface area contributed by atoms with Gasteiger partial charge in [0.15, 0.2) is 5.58 Å². The van der Waals surface area contributed by atoms with Crippen LogP contribution in [0, 0.1) is 17.8 Å². The number of oxazole rings is 1. The monoisotopic (exact) mass is 259 g/mol. The zero-order chi connectivity index (χ0) is 13.1. The molecule has 2 aromatic rings. The summed E-state index contributed by atoms with van der Waals surface area (Å²) in [5.74, 6) is 1.73. The van der Waals surface area contributed by atoms with Gasteiger partial charge in [-0.25, -0.2) is 4.79 Å². The van der Waals surface area contributed by atoms with Gasteiger partial charge in [-0.05, 0) is 54.7 Å². The lowest BCUT2D eigenvalue weighted by Crippen LogP contribution is -2.11. The Morgan fingerprint density at radius 3 is 2.79 bits per heavy atom. The van der Waals surface area contributed by atoms with Gasteiger partial charge in [0.1, 0.15) is 0 Å². The minimum Gasteiger partial charge on any atom is -0.408 e. The van der Waals surface area contributed by atoms with Crippen molar-refractivity contribution in [3.05, 3.63) is 34.3 Å². The maximum atomic E-state index is 11.5. The molecule has 100 valence electrons. The van der Waals surface area contributed by atoms with Gasteiger partial charge in [-0.3, -0.25) is 4.57 Å². The minimum absolute atomic E-state index is 0.358. The quantitative estimate of drug-likeness (QED) is 0.899. The van der Waals surface area contributed by atoms with Crippen LogP contribution in [0.25, 0.3) is 11.1 Å². The fourth-order valence-electron chi connectivity index (χ4n) is 3.63. The number of aryl methyl sites for hydroxylation is 1. The van der Waals surface area contributed by atoms with Crippen LogP contribution in [0.15, 0.2) is 27.4 Å². The summed E-state index contributed by atoms with van der Waals surface area (Å²) in [4.78, 5) is 11.5. The van der Waals surface area contributed by atoms with Crippen LogP contribution in [0.3, 0.4) is 0 Å². The van der Waals surface area contributed by atoms with Crippen molar-refractivity contribution in [3.63, 3.8) is 0 Å². The van der Waals surface area contributed by atoms with Crippen molar-refractivity contribution in [2.24, 2.45) is 24.8 Å². The number of hydrogen-bond donors (Lipinski definition) is 1. The predicted octanol–water partition coefficient (Wildman–Crippen LogP) is 2.21. The van der Waals surface area contributed by atoms with Crippen LogP contribution in [0.4, 0.5) is 0 Å². The number of fused-ring (bicyclic) bond motifs is 2. The number of aromatic nitrogens is 1. The number of nitrogens with zero attached hydrogens (tertiary/aromatic N) is 1. The van der Waals surface area contributed by atoms with Gasteiger partial charge in [-0.15, -0.1) is 0 Å². The highest BCUT2D eigenvalue weighted by Crippen LogP contribution is 2.57. The van der Waals surface area contributed by atoms with Crippen molar-refractivity contribution in [1.29, 1.82) is 0 Å². The van der Waals surface area contributed by atoms with Gasteiger partial charge < -0.3 is 9.52 Å². The molecule has 3 atom stereocenters. The van der Waals surface area contributed by atoms with Crippen molar-refractivity contribution in [1.82, 2.24) is 4.57 Å². The van der Waals surface area contributed by atoms with Crippen molar-refractivity contribution < 1.29 is 9.52 Å². The smallest absolute Gasteiger partial charge is 0.408 e. The number of hydrogen-bond acceptors (Lipinski definition) is 3. The average Bonchev–Trinajstić information content (AvgIpc) is 2.91. The topological polar surface area (TPSA) is 55.4 Å². The van der Waals surface area contributed by atoms with Crippen LogP contribution in [0.2, 0.25) is 0 Å². The molecule has 0 aliphatic heterocycles. The second-order valence-corrected chi connectivity index (χ2v) is 6.09. The second-order valence-electron chi connectivity index (χ2n) is 6.09. The molecule has 2 aliphatic carbocycles. The zero-order valence-electron chi connectivity index (χ0n) is 10.9. The van der Waals surface area contributed by atoms with Crippen molar-refractivity contribution in [2.45, 2.75) is 25.4 Å². The first-order valence-corrected chi connectivity index (χ1v) is 6.91. The van der Waals surface area contributed by atoms with Crippen LogP contribution in [-0.2, 0) is 7.05 Å².